The lowest BCUT2D eigenvalue weighted by Gasteiger charge is -2.28. The molecule has 1 aromatic heterocycles. The lowest BCUT2D eigenvalue weighted by molar-refractivity contribution is -0.602. The van der Waals surface area contributed by atoms with Crippen molar-refractivity contribution < 1.29 is 54.2 Å². The van der Waals surface area contributed by atoms with E-state index in [4.69, 9.17) is 11.6 Å². The predicted octanol–water partition coefficient (Wildman–Crippen LogP) is 3.83. The van der Waals surface area contributed by atoms with Crippen LogP contribution < -0.4 is 4.73 Å². The second-order valence-corrected chi connectivity index (χ2v) is 11.7. The second-order valence-electron chi connectivity index (χ2n) is 9.07. The molecule has 16 heteroatoms. The molecular weight excluding hydrogens is 570 g/mol. The minimum Gasteiger partial charge on any atom is -0.618 e. The molecule has 0 unspecified atom stereocenters. The smallest absolute Gasteiger partial charge is 0.417 e. The molecule has 2 fully saturated rings. The maximum Gasteiger partial charge on any atom is 0.417 e. The SMILES string of the molecule is O=C(O)[C@@H]1C[C@@H](S(=O)(=O)c2ccc(-c3cc[n+]([O-])c(Cl)c3)cc2C(F)(F)F)CN1C(=O)C1(C(F)(F)F)CC1. The summed E-state index contributed by atoms with van der Waals surface area (Å²) in [5, 5.41) is 18.6. The number of halogens is 7. The Balaban J connectivity index is 1.74. The number of hydrogen-bond donors (Lipinski definition) is 1. The van der Waals surface area contributed by atoms with Crippen LogP contribution in [-0.4, -0.2) is 54.3 Å². The molecule has 1 aliphatic heterocycles. The molecule has 1 aliphatic carbocycles. The highest BCUT2D eigenvalue weighted by molar-refractivity contribution is 7.92. The summed E-state index contributed by atoms with van der Waals surface area (Å²) in [7, 11) is -5.00. The second kappa shape index (κ2) is 9.00. The van der Waals surface area contributed by atoms with Crippen LogP contribution in [0.4, 0.5) is 26.3 Å². The number of amides is 1. The first-order valence-electron chi connectivity index (χ1n) is 10.8. The standard InChI is InChI=1S/C22H17ClF6N2O6S/c23-17-8-12(3-6-31(17)35)11-1-2-16(14(7-11)21(24,25)26)38(36,37)13-9-15(18(32)33)30(10-13)19(34)20(4-5-20)22(27,28)29/h1-3,6-8,13,15H,4-5,9-10H2,(H,32,33)/t13-,15+/m1/s1. The Kier molecular flexibility index (Phi) is 6.62. The number of aromatic nitrogens is 1. The van der Waals surface area contributed by atoms with Gasteiger partial charge >= 0.3 is 18.3 Å². The number of carbonyl (C=O) groups excluding carboxylic acids is 1. The molecule has 1 saturated heterocycles. The molecule has 0 spiro atoms. The highest BCUT2D eigenvalue weighted by atomic mass is 35.5. The Morgan fingerprint density at radius 3 is 2.18 bits per heavy atom. The number of carboxylic acid groups (broad SMARTS) is 1. The Bertz CT molecular complexity index is 1420. The van der Waals surface area contributed by atoms with Crippen LogP contribution >= 0.6 is 11.6 Å². The van der Waals surface area contributed by atoms with Crippen molar-refractivity contribution in [1.82, 2.24) is 4.90 Å². The van der Waals surface area contributed by atoms with Gasteiger partial charge in [0.05, 0.1) is 15.7 Å². The van der Waals surface area contributed by atoms with E-state index in [-0.39, 0.29) is 25.9 Å². The summed E-state index contributed by atoms with van der Waals surface area (Å²) in [5.41, 5.74) is -4.54. The lowest BCUT2D eigenvalue weighted by Crippen LogP contribution is -2.48. The monoisotopic (exact) mass is 586 g/mol. The summed E-state index contributed by atoms with van der Waals surface area (Å²) < 4.78 is 109. The van der Waals surface area contributed by atoms with Gasteiger partial charge in [0.25, 0.3) is 5.15 Å². The number of carbonyl (C=O) groups is 2. The molecule has 2 aliphatic rings. The summed E-state index contributed by atoms with van der Waals surface area (Å²) >= 11 is 5.71. The van der Waals surface area contributed by atoms with E-state index in [2.05, 4.69) is 0 Å². The normalized spacial score (nSPS) is 21.4. The topological polar surface area (TPSA) is 119 Å². The number of benzene rings is 1. The molecule has 0 radical (unpaired) electrons. The summed E-state index contributed by atoms with van der Waals surface area (Å²) in [4.78, 5) is 23.5. The molecule has 2 aromatic rings. The van der Waals surface area contributed by atoms with Gasteiger partial charge < -0.3 is 15.2 Å². The maximum absolute atomic E-state index is 14.0. The molecule has 8 nitrogen and oxygen atoms in total. The van der Waals surface area contributed by atoms with Crippen molar-refractivity contribution >= 4 is 33.3 Å². The molecule has 2 heterocycles. The Labute approximate surface area is 215 Å². The van der Waals surface area contributed by atoms with Gasteiger partial charge in [-0.05, 0) is 54.1 Å². The summed E-state index contributed by atoms with van der Waals surface area (Å²) in [6, 6.07) is 2.39. The van der Waals surface area contributed by atoms with Crippen molar-refractivity contribution in [2.24, 2.45) is 5.41 Å². The van der Waals surface area contributed by atoms with E-state index in [1.807, 2.05) is 0 Å². The lowest BCUT2D eigenvalue weighted by atomic mass is 10.0. The maximum atomic E-state index is 14.0. The van der Waals surface area contributed by atoms with Crippen LogP contribution in [0.2, 0.25) is 5.15 Å². The van der Waals surface area contributed by atoms with Crippen molar-refractivity contribution in [3.63, 3.8) is 0 Å². The van der Waals surface area contributed by atoms with Gasteiger partial charge in [0.15, 0.2) is 16.0 Å². The van der Waals surface area contributed by atoms with Crippen LogP contribution in [0.1, 0.15) is 24.8 Å². The molecule has 2 atom stereocenters. The van der Waals surface area contributed by atoms with Crippen LogP contribution in [0.5, 0.6) is 0 Å². The number of rotatable bonds is 5. The van der Waals surface area contributed by atoms with Crippen molar-refractivity contribution in [3.05, 3.63) is 52.5 Å². The van der Waals surface area contributed by atoms with Crippen molar-refractivity contribution in [2.45, 2.75) is 47.8 Å². The number of hydrogen-bond acceptors (Lipinski definition) is 5. The van der Waals surface area contributed by atoms with Crippen LogP contribution in [0.25, 0.3) is 11.1 Å². The largest absolute Gasteiger partial charge is 0.618 e. The zero-order valence-electron chi connectivity index (χ0n) is 18.9. The van der Waals surface area contributed by atoms with Crippen molar-refractivity contribution in [2.75, 3.05) is 6.54 Å². The Morgan fingerprint density at radius 1 is 1.08 bits per heavy atom. The summed E-state index contributed by atoms with van der Waals surface area (Å²) in [5.74, 6) is -3.39. The van der Waals surface area contributed by atoms with E-state index >= 15 is 0 Å². The Morgan fingerprint density at radius 2 is 1.68 bits per heavy atom. The van der Waals surface area contributed by atoms with Gasteiger partial charge in [0.2, 0.25) is 5.91 Å². The van der Waals surface area contributed by atoms with E-state index < -0.39 is 87.0 Å². The van der Waals surface area contributed by atoms with Crippen molar-refractivity contribution in [1.29, 1.82) is 0 Å². The molecule has 206 valence electrons. The number of sulfone groups is 1. The summed E-state index contributed by atoms with van der Waals surface area (Å²) in [6.45, 7) is -1.02. The highest BCUT2D eigenvalue weighted by Crippen LogP contribution is 2.59. The predicted molar refractivity (Wildman–Crippen MR) is 117 cm³/mol. The third kappa shape index (κ3) is 4.65. The minimum absolute atomic E-state index is 0.0574. The third-order valence-electron chi connectivity index (χ3n) is 6.75. The van der Waals surface area contributed by atoms with Gasteiger partial charge in [-0.1, -0.05) is 6.07 Å². The van der Waals surface area contributed by atoms with E-state index in [0.29, 0.717) is 12.1 Å². The highest BCUT2D eigenvalue weighted by Gasteiger charge is 2.70. The Hall–Kier alpha value is -3.07. The van der Waals surface area contributed by atoms with Gasteiger partial charge in [0.1, 0.15) is 11.5 Å². The van der Waals surface area contributed by atoms with Crippen LogP contribution in [0.3, 0.4) is 0 Å². The average molecular weight is 587 g/mol. The molecule has 1 aromatic carbocycles. The van der Waals surface area contributed by atoms with Gasteiger partial charge in [0, 0.05) is 18.7 Å². The minimum atomic E-state index is -5.22. The third-order valence-corrected chi connectivity index (χ3v) is 9.21. The molecule has 1 amide bonds. The van der Waals surface area contributed by atoms with Gasteiger partial charge in [-0.15, -0.1) is 0 Å². The zero-order chi connectivity index (χ0) is 28.4. The van der Waals surface area contributed by atoms with E-state index in [1.54, 1.807) is 0 Å². The fourth-order valence-corrected chi connectivity index (χ4v) is 6.56. The number of nitrogens with zero attached hydrogens (tertiary/aromatic N) is 2. The number of alkyl halides is 6. The molecule has 0 bridgehead atoms. The molecule has 1 N–H and O–H groups in total. The molecule has 38 heavy (non-hydrogen) atoms. The number of pyridine rings is 1. The molecular formula is C22H17ClF6N2O6S. The van der Waals surface area contributed by atoms with E-state index in [1.165, 1.54) is 0 Å². The quantitative estimate of drug-likeness (QED) is 0.246. The molecule has 4 rings (SSSR count). The first kappa shape index (κ1) is 28.0. The van der Waals surface area contributed by atoms with Crippen molar-refractivity contribution in [3.8, 4) is 11.1 Å². The van der Waals surface area contributed by atoms with Crippen LogP contribution in [0, 0.1) is 10.6 Å². The number of carboxylic acids is 1. The summed E-state index contributed by atoms with van der Waals surface area (Å²) in [6.07, 6.45) is -11.4. The first-order chi connectivity index (χ1) is 17.4. The van der Waals surface area contributed by atoms with Crippen LogP contribution in [0.15, 0.2) is 41.4 Å². The fraction of sp³-hybridized carbons (Fsp3) is 0.409. The fourth-order valence-electron chi connectivity index (χ4n) is 4.50. The number of aliphatic carboxylic acids is 1. The zero-order valence-corrected chi connectivity index (χ0v) is 20.5. The number of likely N-dealkylation sites (tertiary alicyclic amines) is 1. The van der Waals surface area contributed by atoms with Crippen LogP contribution in [-0.2, 0) is 25.6 Å². The van der Waals surface area contributed by atoms with E-state index in [0.717, 1.165) is 24.4 Å². The molecule has 1 saturated carbocycles. The van der Waals surface area contributed by atoms with E-state index in [9.17, 15) is 54.7 Å². The van der Waals surface area contributed by atoms with Gasteiger partial charge in [-0.2, -0.15) is 31.1 Å². The van der Waals surface area contributed by atoms with Gasteiger partial charge in [-0.25, -0.2) is 13.2 Å². The van der Waals surface area contributed by atoms with Gasteiger partial charge in [-0.3, -0.25) is 4.79 Å². The average Bonchev–Trinajstić information content (AvgIpc) is 3.51. The first-order valence-corrected chi connectivity index (χ1v) is 12.8.